The molecule has 14 heavy (non-hydrogen) atoms. The molecule has 1 atom stereocenters. The summed E-state index contributed by atoms with van der Waals surface area (Å²) in [5, 5.41) is 0. The summed E-state index contributed by atoms with van der Waals surface area (Å²) in [5.74, 6) is 0. The van der Waals surface area contributed by atoms with Gasteiger partial charge in [-0.15, -0.1) is 0 Å². The van der Waals surface area contributed by atoms with Gasteiger partial charge in [-0.25, -0.2) is 0 Å². The first-order valence-corrected chi connectivity index (χ1v) is 4.38. The average Bonchev–Trinajstić information content (AvgIpc) is 2.14. The van der Waals surface area contributed by atoms with E-state index in [1.165, 1.54) is 4.90 Å². The molecule has 0 aliphatic carbocycles. The molecule has 1 fully saturated rings. The highest BCUT2D eigenvalue weighted by atomic mass is 19.4. The van der Waals surface area contributed by atoms with E-state index in [4.69, 9.17) is 4.74 Å². The van der Waals surface area contributed by atoms with Crippen LogP contribution >= 0.6 is 0 Å². The topological polar surface area (TPSA) is 29.5 Å². The molecule has 0 spiro atoms. The molecule has 1 aliphatic heterocycles. The van der Waals surface area contributed by atoms with Gasteiger partial charge in [-0.3, -0.25) is 4.90 Å². The quantitative estimate of drug-likeness (QED) is 0.648. The number of ether oxygens (including phenoxy) is 1. The Kier molecular flexibility index (Phi) is 3.88. The van der Waals surface area contributed by atoms with Crippen molar-refractivity contribution in [1.29, 1.82) is 0 Å². The lowest BCUT2D eigenvalue weighted by Crippen LogP contribution is -2.50. The van der Waals surface area contributed by atoms with Crippen molar-refractivity contribution >= 4 is 6.29 Å². The second-order valence-electron chi connectivity index (χ2n) is 3.11. The van der Waals surface area contributed by atoms with Crippen molar-refractivity contribution in [1.82, 2.24) is 4.90 Å². The maximum atomic E-state index is 12.5. The normalized spacial score (nSPS) is 21.9. The zero-order chi connectivity index (χ0) is 10.6. The summed E-state index contributed by atoms with van der Waals surface area (Å²) in [6, 6.07) is -1.65. The molecule has 0 N–H and O–H groups in total. The van der Waals surface area contributed by atoms with Crippen LogP contribution in [-0.2, 0) is 9.53 Å². The van der Waals surface area contributed by atoms with Crippen molar-refractivity contribution in [2.45, 2.75) is 18.6 Å². The van der Waals surface area contributed by atoms with Gasteiger partial charge in [0.15, 0.2) is 0 Å². The Morgan fingerprint density at radius 2 is 1.93 bits per heavy atom. The van der Waals surface area contributed by atoms with Crippen LogP contribution < -0.4 is 0 Å². The van der Waals surface area contributed by atoms with Crippen LogP contribution in [0.4, 0.5) is 13.2 Å². The third kappa shape index (κ3) is 2.95. The van der Waals surface area contributed by atoms with Gasteiger partial charge in [-0.1, -0.05) is 0 Å². The smallest absolute Gasteiger partial charge is 0.379 e. The molecule has 1 rings (SSSR count). The third-order valence-electron chi connectivity index (χ3n) is 2.18. The average molecular weight is 211 g/mol. The Bertz CT molecular complexity index is 190. The molecule has 0 aromatic carbocycles. The molecule has 6 heteroatoms. The monoisotopic (exact) mass is 211 g/mol. The van der Waals surface area contributed by atoms with Crippen LogP contribution in [0, 0.1) is 0 Å². The summed E-state index contributed by atoms with van der Waals surface area (Å²) in [5.41, 5.74) is 0. The molecule has 0 saturated carbocycles. The highest BCUT2D eigenvalue weighted by Crippen LogP contribution is 2.27. The molecule has 1 saturated heterocycles. The molecule has 0 bridgehead atoms. The highest BCUT2D eigenvalue weighted by molar-refractivity contribution is 5.50. The van der Waals surface area contributed by atoms with Gasteiger partial charge >= 0.3 is 6.18 Å². The van der Waals surface area contributed by atoms with Gasteiger partial charge in [-0.05, 0) is 0 Å². The maximum absolute atomic E-state index is 12.5. The van der Waals surface area contributed by atoms with E-state index in [0.717, 1.165) is 0 Å². The number of nitrogens with zero attached hydrogens (tertiary/aromatic N) is 1. The van der Waals surface area contributed by atoms with Crippen LogP contribution in [0.5, 0.6) is 0 Å². The van der Waals surface area contributed by atoms with Crippen molar-refractivity contribution < 1.29 is 22.7 Å². The van der Waals surface area contributed by atoms with Crippen molar-refractivity contribution in [2.75, 3.05) is 26.3 Å². The van der Waals surface area contributed by atoms with E-state index < -0.39 is 18.6 Å². The molecule has 1 heterocycles. The summed E-state index contributed by atoms with van der Waals surface area (Å²) in [7, 11) is 0. The molecular formula is C8H12F3NO2. The zero-order valence-electron chi connectivity index (χ0n) is 7.59. The standard InChI is InChI=1S/C8H12F3NO2/c9-8(10,11)7(1-4-13)12-2-5-14-6-3-12/h4,7H,1-3,5-6H2. The number of morpholine rings is 1. The van der Waals surface area contributed by atoms with E-state index in [9.17, 15) is 18.0 Å². The highest BCUT2D eigenvalue weighted by Gasteiger charge is 2.43. The van der Waals surface area contributed by atoms with Gasteiger partial charge in [0, 0.05) is 19.5 Å². The molecular weight excluding hydrogens is 199 g/mol. The minimum absolute atomic E-state index is 0.234. The number of carbonyl (C=O) groups is 1. The predicted octanol–water partition coefficient (Wildman–Crippen LogP) is 0.838. The van der Waals surface area contributed by atoms with Crippen LogP contribution in [0.3, 0.4) is 0 Å². The molecule has 0 aromatic heterocycles. The Morgan fingerprint density at radius 3 is 2.36 bits per heavy atom. The van der Waals surface area contributed by atoms with Crippen LogP contribution in [-0.4, -0.2) is 49.7 Å². The first-order chi connectivity index (χ1) is 6.55. The number of hydrogen-bond acceptors (Lipinski definition) is 3. The Labute approximate surface area is 79.8 Å². The Balaban J connectivity index is 2.60. The second-order valence-corrected chi connectivity index (χ2v) is 3.11. The number of aldehydes is 1. The Hall–Kier alpha value is -0.620. The molecule has 0 aromatic rings. The summed E-state index contributed by atoms with van der Waals surface area (Å²) >= 11 is 0. The van der Waals surface area contributed by atoms with Crippen LogP contribution in [0.15, 0.2) is 0 Å². The fourth-order valence-corrected chi connectivity index (χ4v) is 1.47. The number of carbonyl (C=O) groups excluding carboxylic acids is 1. The molecule has 0 radical (unpaired) electrons. The molecule has 3 nitrogen and oxygen atoms in total. The largest absolute Gasteiger partial charge is 0.404 e. The minimum Gasteiger partial charge on any atom is -0.379 e. The molecule has 1 unspecified atom stereocenters. The summed E-state index contributed by atoms with van der Waals surface area (Å²) < 4.78 is 42.3. The predicted molar refractivity (Wildman–Crippen MR) is 42.9 cm³/mol. The first kappa shape index (κ1) is 11.5. The van der Waals surface area contributed by atoms with Crippen LogP contribution in [0.1, 0.15) is 6.42 Å². The maximum Gasteiger partial charge on any atom is 0.404 e. The Morgan fingerprint density at radius 1 is 1.36 bits per heavy atom. The summed E-state index contributed by atoms with van der Waals surface area (Å²) in [6.45, 7) is 1.06. The van der Waals surface area contributed by atoms with Gasteiger partial charge in [0.25, 0.3) is 0 Å². The third-order valence-corrected chi connectivity index (χ3v) is 2.18. The van der Waals surface area contributed by atoms with Crippen molar-refractivity contribution in [2.24, 2.45) is 0 Å². The second kappa shape index (κ2) is 4.75. The molecule has 1 aliphatic rings. The fourth-order valence-electron chi connectivity index (χ4n) is 1.47. The van der Waals surface area contributed by atoms with Gasteiger partial charge in [-0.2, -0.15) is 13.2 Å². The number of alkyl halides is 3. The van der Waals surface area contributed by atoms with Crippen molar-refractivity contribution in [3.8, 4) is 0 Å². The molecule has 82 valence electrons. The zero-order valence-corrected chi connectivity index (χ0v) is 7.59. The minimum atomic E-state index is -4.34. The number of rotatable bonds is 3. The van der Waals surface area contributed by atoms with Gasteiger partial charge < -0.3 is 9.53 Å². The van der Waals surface area contributed by atoms with E-state index >= 15 is 0 Å². The van der Waals surface area contributed by atoms with Crippen LogP contribution in [0.2, 0.25) is 0 Å². The van der Waals surface area contributed by atoms with Crippen molar-refractivity contribution in [3.63, 3.8) is 0 Å². The molecule has 0 amide bonds. The lowest BCUT2D eigenvalue weighted by atomic mass is 10.1. The van der Waals surface area contributed by atoms with Crippen LogP contribution in [0.25, 0.3) is 0 Å². The van der Waals surface area contributed by atoms with E-state index in [0.29, 0.717) is 19.5 Å². The van der Waals surface area contributed by atoms with Crippen molar-refractivity contribution in [3.05, 3.63) is 0 Å². The fraction of sp³-hybridized carbons (Fsp3) is 0.875. The van der Waals surface area contributed by atoms with E-state index in [2.05, 4.69) is 0 Å². The summed E-state index contributed by atoms with van der Waals surface area (Å²) in [4.78, 5) is 11.4. The summed E-state index contributed by atoms with van der Waals surface area (Å²) in [6.07, 6.45) is -4.52. The lowest BCUT2D eigenvalue weighted by molar-refractivity contribution is -0.193. The van der Waals surface area contributed by atoms with Gasteiger partial charge in [0.1, 0.15) is 12.3 Å². The first-order valence-electron chi connectivity index (χ1n) is 4.38. The van der Waals surface area contributed by atoms with Gasteiger partial charge in [0.2, 0.25) is 0 Å². The van der Waals surface area contributed by atoms with E-state index in [-0.39, 0.29) is 13.1 Å². The number of halogens is 3. The SMILES string of the molecule is O=CCC(N1CCOCC1)C(F)(F)F. The van der Waals surface area contributed by atoms with E-state index in [1.54, 1.807) is 0 Å². The van der Waals surface area contributed by atoms with Gasteiger partial charge in [0.05, 0.1) is 13.2 Å². The van der Waals surface area contributed by atoms with E-state index in [1.807, 2.05) is 0 Å². The lowest BCUT2D eigenvalue weighted by Gasteiger charge is -2.34. The number of hydrogen-bond donors (Lipinski definition) is 0.